The maximum absolute atomic E-state index is 13.5. The Morgan fingerprint density at radius 1 is 0.913 bits per heavy atom. The van der Waals surface area contributed by atoms with E-state index in [1.165, 1.54) is 0 Å². The maximum atomic E-state index is 13.5. The van der Waals surface area contributed by atoms with Crippen LogP contribution in [0.5, 0.6) is 0 Å². The van der Waals surface area contributed by atoms with Crippen molar-refractivity contribution in [2.24, 2.45) is 5.92 Å². The van der Waals surface area contributed by atoms with Crippen molar-refractivity contribution in [2.45, 2.75) is 24.2 Å². The average molecular weight is 359 g/mol. The summed E-state index contributed by atoms with van der Waals surface area (Å²) in [6.07, 6.45) is 1.80. The molecule has 4 nitrogen and oxygen atoms in total. The molecule has 10 heteroatoms. The highest BCUT2D eigenvalue weighted by Crippen LogP contribution is 2.26. The monoisotopic (exact) mass is 359 g/mol. The lowest BCUT2D eigenvalue weighted by atomic mass is 9.97. The third-order valence-corrected chi connectivity index (χ3v) is 5.10. The summed E-state index contributed by atoms with van der Waals surface area (Å²) in [5.41, 5.74) is 0. The number of sulfonamides is 1. The lowest BCUT2D eigenvalue weighted by Gasteiger charge is -2.21. The average Bonchev–Trinajstić information content (AvgIpc) is 2.52. The predicted octanol–water partition coefficient (Wildman–Crippen LogP) is 2.48. The zero-order valence-electron chi connectivity index (χ0n) is 11.8. The fourth-order valence-electron chi connectivity index (χ4n) is 2.33. The Labute approximate surface area is 129 Å². The van der Waals surface area contributed by atoms with E-state index in [0.29, 0.717) is 32.5 Å². The number of benzene rings is 1. The standard InChI is InChI=1S/C13H14F5NO3S/c14-8-9(15)11(17)13(12(18)10(8)16)23(20,21)19-4-1-7-2-5-22-6-3-7/h7,19H,1-6H2. The van der Waals surface area contributed by atoms with Crippen LogP contribution in [0.4, 0.5) is 22.0 Å². The Morgan fingerprint density at radius 3 is 1.91 bits per heavy atom. The van der Waals surface area contributed by atoms with E-state index in [0.717, 1.165) is 0 Å². The second-order valence-corrected chi connectivity index (χ2v) is 6.85. The van der Waals surface area contributed by atoms with E-state index in [1.54, 1.807) is 0 Å². The molecular formula is C13H14F5NO3S. The molecule has 1 heterocycles. The zero-order valence-corrected chi connectivity index (χ0v) is 12.7. The second-order valence-electron chi connectivity index (χ2n) is 5.14. The van der Waals surface area contributed by atoms with Crippen LogP contribution in [0.3, 0.4) is 0 Å². The number of ether oxygens (including phenoxy) is 1. The van der Waals surface area contributed by atoms with Gasteiger partial charge in [0, 0.05) is 19.8 Å². The van der Waals surface area contributed by atoms with Crippen molar-refractivity contribution in [2.75, 3.05) is 19.8 Å². The van der Waals surface area contributed by atoms with E-state index in [4.69, 9.17) is 4.74 Å². The molecule has 0 aromatic heterocycles. The SMILES string of the molecule is O=S(=O)(NCCC1CCOCC1)c1c(F)c(F)c(F)c(F)c1F. The minimum Gasteiger partial charge on any atom is -0.381 e. The fraction of sp³-hybridized carbons (Fsp3) is 0.538. The van der Waals surface area contributed by atoms with Crippen LogP contribution in [0.15, 0.2) is 4.90 Å². The highest BCUT2D eigenvalue weighted by Gasteiger charge is 2.33. The molecule has 1 saturated heterocycles. The quantitative estimate of drug-likeness (QED) is 0.499. The van der Waals surface area contributed by atoms with Crippen LogP contribution in [-0.2, 0) is 14.8 Å². The van der Waals surface area contributed by atoms with E-state index in [-0.39, 0.29) is 12.5 Å². The van der Waals surface area contributed by atoms with Crippen molar-refractivity contribution in [3.63, 3.8) is 0 Å². The summed E-state index contributed by atoms with van der Waals surface area (Å²) >= 11 is 0. The first-order valence-corrected chi connectivity index (χ1v) is 8.33. The van der Waals surface area contributed by atoms with E-state index in [2.05, 4.69) is 0 Å². The number of rotatable bonds is 5. The summed E-state index contributed by atoms with van der Waals surface area (Å²) in [6.45, 7) is 0.899. The van der Waals surface area contributed by atoms with E-state index < -0.39 is 44.0 Å². The minimum absolute atomic E-state index is 0.169. The van der Waals surface area contributed by atoms with Gasteiger partial charge in [0.1, 0.15) is 0 Å². The molecule has 0 atom stereocenters. The van der Waals surface area contributed by atoms with Crippen molar-refractivity contribution >= 4 is 10.0 Å². The van der Waals surface area contributed by atoms with Gasteiger partial charge in [0.15, 0.2) is 28.2 Å². The Kier molecular flexibility index (Phi) is 5.58. The van der Waals surface area contributed by atoms with Crippen molar-refractivity contribution in [1.29, 1.82) is 0 Å². The normalized spacial score (nSPS) is 16.7. The largest absolute Gasteiger partial charge is 0.381 e. The third kappa shape index (κ3) is 3.81. The Balaban J connectivity index is 2.16. The molecule has 1 N–H and O–H groups in total. The molecule has 0 aliphatic carbocycles. The van der Waals surface area contributed by atoms with Gasteiger partial charge in [-0.25, -0.2) is 35.1 Å². The molecule has 130 valence electrons. The predicted molar refractivity (Wildman–Crippen MR) is 69.6 cm³/mol. The smallest absolute Gasteiger partial charge is 0.246 e. The summed E-state index contributed by atoms with van der Waals surface area (Å²) in [6, 6.07) is 0. The Morgan fingerprint density at radius 2 is 1.39 bits per heavy atom. The topological polar surface area (TPSA) is 55.4 Å². The van der Waals surface area contributed by atoms with E-state index in [1.807, 2.05) is 4.72 Å². The maximum Gasteiger partial charge on any atom is 0.246 e. The van der Waals surface area contributed by atoms with Crippen LogP contribution < -0.4 is 4.72 Å². The Hall–Kier alpha value is -1.26. The van der Waals surface area contributed by atoms with Gasteiger partial charge in [-0.15, -0.1) is 0 Å². The molecule has 0 unspecified atom stereocenters. The summed E-state index contributed by atoms with van der Waals surface area (Å²) in [5, 5.41) is 0. The van der Waals surface area contributed by atoms with Gasteiger partial charge in [-0.05, 0) is 25.2 Å². The molecule has 1 fully saturated rings. The second kappa shape index (κ2) is 7.10. The molecule has 1 aliphatic heterocycles. The zero-order chi connectivity index (χ0) is 17.2. The van der Waals surface area contributed by atoms with Gasteiger partial charge in [0.25, 0.3) is 0 Å². The first kappa shape index (κ1) is 18.1. The molecule has 0 radical (unpaired) electrons. The molecule has 2 rings (SSSR count). The Bertz CT molecular complexity index is 660. The van der Waals surface area contributed by atoms with Crippen molar-refractivity contribution in [3.8, 4) is 0 Å². The molecule has 0 amide bonds. The molecule has 0 saturated carbocycles. The molecule has 1 aliphatic rings. The van der Waals surface area contributed by atoms with Crippen molar-refractivity contribution < 1.29 is 35.1 Å². The first-order chi connectivity index (χ1) is 10.8. The van der Waals surface area contributed by atoms with E-state index in [9.17, 15) is 30.4 Å². The third-order valence-electron chi connectivity index (χ3n) is 3.62. The fourth-order valence-corrected chi connectivity index (χ4v) is 3.51. The number of hydrogen-bond acceptors (Lipinski definition) is 3. The van der Waals surface area contributed by atoms with Gasteiger partial charge in [-0.2, -0.15) is 0 Å². The molecule has 1 aromatic carbocycles. The highest BCUT2D eigenvalue weighted by molar-refractivity contribution is 7.89. The van der Waals surface area contributed by atoms with Crippen molar-refractivity contribution in [1.82, 2.24) is 4.72 Å². The minimum atomic E-state index is -4.86. The van der Waals surface area contributed by atoms with Gasteiger partial charge < -0.3 is 4.74 Å². The summed E-state index contributed by atoms with van der Waals surface area (Å²) < 4.78 is 96.9. The van der Waals surface area contributed by atoms with Crippen LogP contribution in [0, 0.1) is 35.0 Å². The first-order valence-electron chi connectivity index (χ1n) is 6.84. The van der Waals surface area contributed by atoms with Gasteiger partial charge in [0.2, 0.25) is 15.8 Å². The molecule has 0 spiro atoms. The van der Waals surface area contributed by atoms with Crippen molar-refractivity contribution in [3.05, 3.63) is 29.1 Å². The van der Waals surface area contributed by atoms with Crippen LogP contribution in [0.25, 0.3) is 0 Å². The number of hydrogen-bond donors (Lipinski definition) is 1. The lowest BCUT2D eigenvalue weighted by Crippen LogP contribution is -2.30. The van der Waals surface area contributed by atoms with Gasteiger partial charge in [-0.1, -0.05) is 0 Å². The molecule has 0 bridgehead atoms. The molecule has 23 heavy (non-hydrogen) atoms. The highest BCUT2D eigenvalue weighted by atomic mass is 32.2. The lowest BCUT2D eigenvalue weighted by molar-refractivity contribution is 0.0644. The molecule has 1 aromatic rings. The van der Waals surface area contributed by atoms with Crippen LogP contribution in [0.1, 0.15) is 19.3 Å². The molecular weight excluding hydrogens is 345 g/mol. The summed E-state index contributed by atoms with van der Waals surface area (Å²) in [4.78, 5) is -1.86. The summed E-state index contributed by atoms with van der Waals surface area (Å²) in [7, 11) is -4.86. The van der Waals surface area contributed by atoms with Crippen LogP contribution in [0.2, 0.25) is 0 Å². The van der Waals surface area contributed by atoms with Gasteiger partial charge >= 0.3 is 0 Å². The van der Waals surface area contributed by atoms with Crippen LogP contribution >= 0.6 is 0 Å². The number of halogens is 5. The van der Waals surface area contributed by atoms with Gasteiger partial charge in [-0.3, -0.25) is 0 Å². The summed E-state index contributed by atoms with van der Waals surface area (Å²) in [5.74, 6) is -11.6. The number of nitrogens with one attached hydrogen (secondary N) is 1. The van der Waals surface area contributed by atoms with Crippen LogP contribution in [-0.4, -0.2) is 28.2 Å². The van der Waals surface area contributed by atoms with Gasteiger partial charge in [0.05, 0.1) is 0 Å². The van der Waals surface area contributed by atoms with E-state index >= 15 is 0 Å².